The summed E-state index contributed by atoms with van der Waals surface area (Å²) in [6, 6.07) is 0.261. The van der Waals surface area contributed by atoms with Gasteiger partial charge in [-0.15, -0.1) is 0 Å². The fourth-order valence-corrected chi connectivity index (χ4v) is 2.58. The third kappa shape index (κ3) is 1.59. The number of carbonyl (C=O) groups is 1. The lowest BCUT2D eigenvalue weighted by molar-refractivity contribution is 0.0695. The molecular weight excluding hydrogens is 186 g/mol. The van der Waals surface area contributed by atoms with E-state index in [-0.39, 0.29) is 6.04 Å². The molecule has 0 spiro atoms. The Hall–Kier alpha value is -0.870. The van der Waals surface area contributed by atoms with Crippen LogP contribution in [-0.4, -0.2) is 17.6 Å². The van der Waals surface area contributed by atoms with E-state index in [9.17, 15) is 4.79 Å². The summed E-state index contributed by atoms with van der Waals surface area (Å²) in [6.07, 6.45) is 2.19. The van der Waals surface area contributed by atoms with Crippen LogP contribution in [0.4, 0.5) is 0 Å². The second-order valence-corrected chi connectivity index (χ2v) is 3.94. The quantitative estimate of drug-likeness (QED) is 0.761. The molecule has 2 N–H and O–H groups in total. The molecule has 0 aliphatic carbocycles. The van der Waals surface area contributed by atoms with Crippen LogP contribution >= 0.6 is 11.3 Å². The Morgan fingerprint density at radius 1 is 1.62 bits per heavy atom. The second-order valence-electron chi connectivity index (χ2n) is 3.19. The smallest absolute Gasteiger partial charge is 0.336 e. The summed E-state index contributed by atoms with van der Waals surface area (Å²) in [7, 11) is 0. The van der Waals surface area contributed by atoms with Crippen molar-refractivity contribution in [2.75, 3.05) is 6.54 Å². The van der Waals surface area contributed by atoms with Crippen molar-refractivity contribution in [3.05, 3.63) is 21.9 Å². The maximum atomic E-state index is 10.8. The van der Waals surface area contributed by atoms with Gasteiger partial charge in [0, 0.05) is 11.4 Å². The standard InChI is InChI=1S/C9H11NO2S/c11-9(12)7-5-13-4-6(7)8-2-1-3-10-8/h4-5,8,10H,1-3H2,(H,11,12)/t8-/m1/s1. The van der Waals surface area contributed by atoms with Crippen LogP contribution in [0.5, 0.6) is 0 Å². The van der Waals surface area contributed by atoms with E-state index < -0.39 is 5.97 Å². The van der Waals surface area contributed by atoms with Crippen LogP contribution < -0.4 is 5.32 Å². The van der Waals surface area contributed by atoms with Crippen LogP contribution in [-0.2, 0) is 0 Å². The third-order valence-corrected chi connectivity index (χ3v) is 3.12. The van der Waals surface area contributed by atoms with E-state index in [1.807, 2.05) is 5.38 Å². The summed E-state index contributed by atoms with van der Waals surface area (Å²) >= 11 is 1.46. The average Bonchev–Trinajstić information content (AvgIpc) is 2.74. The molecule has 1 aliphatic heterocycles. The number of carboxylic acids is 1. The number of hydrogen-bond donors (Lipinski definition) is 2. The fraction of sp³-hybridized carbons (Fsp3) is 0.444. The largest absolute Gasteiger partial charge is 0.478 e. The topological polar surface area (TPSA) is 49.3 Å². The van der Waals surface area contributed by atoms with Crippen molar-refractivity contribution in [3.63, 3.8) is 0 Å². The number of nitrogens with one attached hydrogen (secondary N) is 1. The zero-order valence-corrected chi connectivity index (χ0v) is 7.93. The Balaban J connectivity index is 2.28. The molecule has 1 aromatic heterocycles. The maximum absolute atomic E-state index is 10.8. The van der Waals surface area contributed by atoms with Gasteiger partial charge in [-0.3, -0.25) is 0 Å². The van der Waals surface area contributed by atoms with Crippen molar-refractivity contribution in [2.45, 2.75) is 18.9 Å². The number of hydrogen-bond acceptors (Lipinski definition) is 3. The van der Waals surface area contributed by atoms with Gasteiger partial charge < -0.3 is 10.4 Å². The molecule has 1 aromatic rings. The van der Waals surface area contributed by atoms with E-state index in [2.05, 4.69) is 5.32 Å². The molecular formula is C9H11NO2S. The molecule has 2 rings (SSSR count). The minimum Gasteiger partial charge on any atom is -0.478 e. The highest BCUT2D eigenvalue weighted by atomic mass is 32.1. The zero-order valence-electron chi connectivity index (χ0n) is 7.12. The lowest BCUT2D eigenvalue weighted by atomic mass is 10.0. The first-order valence-corrected chi connectivity index (χ1v) is 5.26. The van der Waals surface area contributed by atoms with Gasteiger partial charge in [0.25, 0.3) is 0 Å². The van der Waals surface area contributed by atoms with E-state index in [0.29, 0.717) is 5.56 Å². The highest BCUT2D eigenvalue weighted by molar-refractivity contribution is 7.08. The van der Waals surface area contributed by atoms with Crippen molar-refractivity contribution in [3.8, 4) is 0 Å². The van der Waals surface area contributed by atoms with Gasteiger partial charge in [0.15, 0.2) is 0 Å². The summed E-state index contributed by atoms with van der Waals surface area (Å²) in [5.74, 6) is -0.815. The van der Waals surface area contributed by atoms with Crippen molar-refractivity contribution < 1.29 is 9.90 Å². The van der Waals surface area contributed by atoms with Gasteiger partial charge in [-0.25, -0.2) is 4.79 Å². The molecule has 0 aromatic carbocycles. The molecule has 1 atom stereocenters. The molecule has 13 heavy (non-hydrogen) atoms. The van der Waals surface area contributed by atoms with Crippen molar-refractivity contribution in [1.29, 1.82) is 0 Å². The molecule has 3 nitrogen and oxygen atoms in total. The predicted molar refractivity (Wildman–Crippen MR) is 51.3 cm³/mol. The van der Waals surface area contributed by atoms with E-state index >= 15 is 0 Å². The molecule has 2 heterocycles. The highest BCUT2D eigenvalue weighted by Crippen LogP contribution is 2.28. The van der Waals surface area contributed by atoms with Crippen LogP contribution in [0.3, 0.4) is 0 Å². The van der Waals surface area contributed by atoms with Crippen LogP contribution in [0.25, 0.3) is 0 Å². The number of carboxylic acid groups (broad SMARTS) is 1. The van der Waals surface area contributed by atoms with Crippen LogP contribution in [0, 0.1) is 0 Å². The first-order valence-electron chi connectivity index (χ1n) is 4.32. The molecule has 1 saturated heterocycles. The van der Waals surface area contributed by atoms with Crippen LogP contribution in [0.15, 0.2) is 10.8 Å². The van der Waals surface area contributed by atoms with E-state index in [1.54, 1.807) is 5.38 Å². The van der Waals surface area contributed by atoms with Crippen LogP contribution in [0.2, 0.25) is 0 Å². The summed E-state index contributed by atoms with van der Waals surface area (Å²) < 4.78 is 0. The normalized spacial score (nSPS) is 22.0. The SMILES string of the molecule is O=C(O)c1cscc1[C@H]1CCCN1. The monoisotopic (exact) mass is 197 g/mol. The number of thiophene rings is 1. The van der Waals surface area contributed by atoms with Gasteiger partial charge in [-0.2, -0.15) is 11.3 Å². The van der Waals surface area contributed by atoms with Gasteiger partial charge in [0.1, 0.15) is 0 Å². The molecule has 70 valence electrons. The Morgan fingerprint density at radius 3 is 3.08 bits per heavy atom. The van der Waals surface area contributed by atoms with Gasteiger partial charge in [0.2, 0.25) is 0 Å². The van der Waals surface area contributed by atoms with Gasteiger partial charge >= 0.3 is 5.97 Å². The van der Waals surface area contributed by atoms with Crippen LogP contribution in [0.1, 0.15) is 34.8 Å². The zero-order chi connectivity index (χ0) is 9.26. The van der Waals surface area contributed by atoms with Gasteiger partial charge in [-0.1, -0.05) is 0 Å². The molecule has 0 radical (unpaired) electrons. The van der Waals surface area contributed by atoms with E-state index in [4.69, 9.17) is 5.11 Å². The Bertz CT molecular complexity index is 315. The lowest BCUT2D eigenvalue weighted by Crippen LogP contribution is -2.14. The third-order valence-electron chi connectivity index (χ3n) is 2.36. The van der Waals surface area contributed by atoms with Crippen molar-refractivity contribution in [1.82, 2.24) is 5.32 Å². The molecule has 4 heteroatoms. The van der Waals surface area contributed by atoms with Crippen molar-refractivity contribution in [2.24, 2.45) is 0 Å². The maximum Gasteiger partial charge on any atom is 0.336 e. The highest BCUT2D eigenvalue weighted by Gasteiger charge is 2.22. The average molecular weight is 197 g/mol. The molecule has 1 fully saturated rings. The summed E-state index contributed by atoms with van der Waals surface area (Å²) in [6.45, 7) is 1.000. The molecule has 1 aliphatic rings. The second kappa shape index (κ2) is 3.47. The Kier molecular flexibility index (Phi) is 2.33. The van der Waals surface area contributed by atoms with E-state index in [0.717, 1.165) is 24.9 Å². The Labute approximate surface area is 80.4 Å². The summed E-state index contributed by atoms with van der Waals surface area (Å²) in [5, 5.41) is 15.8. The number of rotatable bonds is 2. The fourth-order valence-electron chi connectivity index (χ4n) is 1.70. The molecule has 0 amide bonds. The minimum absolute atomic E-state index is 0.261. The number of aromatic carboxylic acids is 1. The van der Waals surface area contributed by atoms with E-state index in [1.165, 1.54) is 11.3 Å². The predicted octanol–water partition coefficient (Wildman–Crippen LogP) is 1.87. The Morgan fingerprint density at radius 2 is 2.46 bits per heavy atom. The summed E-state index contributed by atoms with van der Waals surface area (Å²) in [4.78, 5) is 10.8. The molecule has 0 bridgehead atoms. The van der Waals surface area contributed by atoms with Crippen molar-refractivity contribution >= 4 is 17.3 Å². The first kappa shape index (κ1) is 8.72. The minimum atomic E-state index is -0.815. The molecule has 0 saturated carbocycles. The lowest BCUT2D eigenvalue weighted by Gasteiger charge is -2.08. The molecule has 0 unspecified atom stereocenters. The van der Waals surface area contributed by atoms with Gasteiger partial charge in [-0.05, 0) is 30.3 Å². The first-order chi connectivity index (χ1) is 6.29. The summed E-state index contributed by atoms with van der Waals surface area (Å²) in [5.41, 5.74) is 1.42. The van der Waals surface area contributed by atoms with Gasteiger partial charge in [0.05, 0.1) is 5.56 Å².